The molecule has 3 aliphatic rings. The van der Waals surface area contributed by atoms with Crippen molar-refractivity contribution in [3.05, 3.63) is 77.5 Å². The third-order valence-corrected chi connectivity index (χ3v) is 9.89. The molecule has 242 valence electrons. The van der Waals surface area contributed by atoms with Crippen LogP contribution in [0.3, 0.4) is 0 Å². The molecular weight excluding hydrogens is 614 g/mol. The van der Waals surface area contributed by atoms with Gasteiger partial charge < -0.3 is 28.9 Å². The highest BCUT2D eigenvalue weighted by atomic mass is 35.5. The van der Waals surface area contributed by atoms with Gasteiger partial charge in [-0.1, -0.05) is 35.9 Å². The molecule has 0 aliphatic carbocycles. The third-order valence-electron chi connectivity index (χ3n) is 9.58. The Kier molecular flexibility index (Phi) is 8.96. The minimum absolute atomic E-state index is 0.127. The van der Waals surface area contributed by atoms with Crippen molar-refractivity contribution >= 4 is 46.0 Å². The number of imidazole rings is 1. The number of fused-ring (bicyclic) bond motifs is 2. The highest BCUT2D eigenvalue weighted by Gasteiger charge is 2.34. The summed E-state index contributed by atoms with van der Waals surface area (Å²) in [6.45, 7) is 4.52. The molecule has 2 saturated heterocycles. The Bertz CT molecular complexity index is 1820. The third kappa shape index (κ3) is 6.48. The molecule has 0 spiro atoms. The normalized spacial score (nSPS) is 20.1. The second-order valence-electron chi connectivity index (χ2n) is 12.4. The molecule has 4 aromatic rings. The van der Waals surface area contributed by atoms with Gasteiger partial charge in [0, 0.05) is 73.5 Å². The van der Waals surface area contributed by atoms with Crippen LogP contribution in [0.2, 0.25) is 5.02 Å². The minimum Gasteiger partial charge on any atom is -0.462 e. The number of likely N-dealkylation sites (tertiary alicyclic amines) is 1. The lowest BCUT2D eigenvalue weighted by molar-refractivity contribution is -0.128. The summed E-state index contributed by atoms with van der Waals surface area (Å²) in [5.41, 5.74) is 3.10. The molecule has 0 unspecified atom stereocenters. The Balaban J connectivity index is 1.18. The molecule has 2 aromatic heterocycles. The Morgan fingerprint density at radius 2 is 1.98 bits per heavy atom. The number of likely N-dealkylation sites (N-methyl/N-ethyl adjacent to an activating group) is 1. The number of anilines is 2. The van der Waals surface area contributed by atoms with E-state index in [0.29, 0.717) is 44.8 Å². The van der Waals surface area contributed by atoms with Gasteiger partial charge in [-0.3, -0.25) is 4.79 Å². The van der Waals surface area contributed by atoms with Crippen molar-refractivity contribution in [3.8, 4) is 12.1 Å². The molecule has 0 bridgehead atoms. The number of carbonyl (C=O) groups excluding carboxylic acids is 1. The van der Waals surface area contributed by atoms with E-state index in [4.69, 9.17) is 26.3 Å². The number of benzene rings is 2. The summed E-state index contributed by atoms with van der Waals surface area (Å²) in [7, 11) is 2.13. The molecule has 0 saturated carbocycles. The molecule has 5 heterocycles. The molecule has 12 heteroatoms. The largest absolute Gasteiger partial charge is 0.462 e. The fourth-order valence-corrected chi connectivity index (χ4v) is 7.32. The van der Waals surface area contributed by atoms with Crippen molar-refractivity contribution in [2.75, 3.05) is 56.2 Å². The summed E-state index contributed by atoms with van der Waals surface area (Å²) < 4.78 is 8.05. The van der Waals surface area contributed by atoms with Crippen LogP contribution in [0, 0.1) is 11.3 Å². The first-order chi connectivity index (χ1) is 23.0. The van der Waals surface area contributed by atoms with E-state index in [1.165, 1.54) is 6.08 Å². The fraction of sp³-hybridized carbons (Fsp3) is 0.400. The Labute approximate surface area is 279 Å². The highest BCUT2D eigenvalue weighted by molar-refractivity contribution is 6.36. The van der Waals surface area contributed by atoms with E-state index >= 15 is 0 Å². The average Bonchev–Trinajstić information content (AvgIpc) is 3.77. The molecule has 0 radical (unpaired) electrons. The molecular formula is C35H38ClN9O2. The van der Waals surface area contributed by atoms with Gasteiger partial charge in [0.1, 0.15) is 12.4 Å². The number of carbonyl (C=O) groups is 1. The van der Waals surface area contributed by atoms with Crippen LogP contribution in [0.4, 0.5) is 11.5 Å². The maximum Gasteiger partial charge on any atom is 0.318 e. The number of piperazine rings is 1. The molecule has 47 heavy (non-hydrogen) atoms. The summed E-state index contributed by atoms with van der Waals surface area (Å²) in [5.74, 6) is 0.710. The Morgan fingerprint density at radius 1 is 1.11 bits per heavy atom. The van der Waals surface area contributed by atoms with Crippen molar-refractivity contribution in [2.24, 2.45) is 0 Å². The zero-order valence-corrected chi connectivity index (χ0v) is 27.3. The fourth-order valence-electron chi connectivity index (χ4n) is 7.04. The van der Waals surface area contributed by atoms with E-state index in [0.717, 1.165) is 70.9 Å². The molecule has 2 atom stereocenters. The maximum absolute atomic E-state index is 13.2. The van der Waals surface area contributed by atoms with E-state index in [2.05, 4.69) is 57.1 Å². The van der Waals surface area contributed by atoms with Gasteiger partial charge in [0.15, 0.2) is 0 Å². The summed E-state index contributed by atoms with van der Waals surface area (Å²) in [6, 6.07) is 15.0. The zero-order chi connectivity index (χ0) is 32.3. The Morgan fingerprint density at radius 3 is 2.77 bits per heavy atom. The van der Waals surface area contributed by atoms with Crippen LogP contribution in [-0.4, -0.2) is 93.7 Å². The standard InChI is InChI=1S/C35H38ClN9O2/c1-41-15-4-7-27(41)23-47-35-39-30-22-43(31-9-3-6-25-5-2-8-29(36)33(25)31)17-11-28(30)34(40-35)44-19-20-45(26(21-44)10-13-37)32(46)12-16-42-18-14-38-24-42/h2-3,5-6,8-9,12,14,16,18,24,26-27H,4,7,10-11,15,17,19-23H2,1H3/b16-12+/t26-,27-/m0/s1. The van der Waals surface area contributed by atoms with Crippen LogP contribution < -0.4 is 14.5 Å². The monoisotopic (exact) mass is 651 g/mol. The number of rotatable bonds is 8. The average molecular weight is 652 g/mol. The smallest absolute Gasteiger partial charge is 0.318 e. The maximum atomic E-state index is 13.2. The molecule has 2 fully saturated rings. The van der Waals surface area contributed by atoms with E-state index in [1.807, 2.05) is 12.1 Å². The number of hydrogen-bond donors (Lipinski definition) is 0. The van der Waals surface area contributed by atoms with Crippen LogP contribution in [0.1, 0.15) is 30.5 Å². The predicted octanol–water partition coefficient (Wildman–Crippen LogP) is 4.62. The summed E-state index contributed by atoms with van der Waals surface area (Å²) in [4.78, 5) is 36.0. The van der Waals surface area contributed by atoms with E-state index in [1.54, 1.807) is 34.4 Å². The van der Waals surface area contributed by atoms with Crippen molar-refractivity contribution < 1.29 is 9.53 Å². The van der Waals surface area contributed by atoms with E-state index < -0.39 is 0 Å². The van der Waals surface area contributed by atoms with Gasteiger partial charge >= 0.3 is 6.01 Å². The SMILES string of the molecule is CN1CCC[C@H]1COc1nc2c(c(N3CCN(C(=O)/C=C/n4ccnc4)[C@@H](CC#N)C3)n1)CCN(c1cccc3cccc(Cl)c13)C2. The first-order valence-electron chi connectivity index (χ1n) is 16.2. The van der Waals surface area contributed by atoms with Gasteiger partial charge in [-0.2, -0.15) is 15.2 Å². The number of hydrogen-bond acceptors (Lipinski definition) is 9. The lowest BCUT2D eigenvalue weighted by Gasteiger charge is -2.42. The summed E-state index contributed by atoms with van der Waals surface area (Å²) in [5, 5.41) is 12.6. The lowest BCUT2D eigenvalue weighted by atomic mass is 10.0. The molecule has 1 amide bonds. The number of ether oxygens (including phenoxy) is 1. The zero-order valence-electron chi connectivity index (χ0n) is 26.5. The van der Waals surface area contributed by atoms with Crippen molar-refractivity contribution in [2.45, 2.75) is 44.3 Å². The second kappa shape index (κ2) is 13.6. The number of nitrogens with zero attached hydrogens (tertiary/aromatic N) is 9. The van der Waals surface area contributed by atoms with Gasteiger partial charge in [-0.25, -0.2) is 4.98 Å². The highest BCUT2D eigenvalue weighted by Crippen LogP contribution is 2.37. The number of aromatic nitrogens is 4. The van der Waals surface area contributed by atoms with E-state index in [-0.39, 0.29) is 18.4 Å². The minimum atomic E-state index is -0.284. The van der Waals surface area contributed by atoms with Gasteiger partial charge in [-0.05, 0) is 50.4 Å². The van der Waals surface area contributed by atoms with Gasteiger partial charge in [0.2, 0.25) is 5.91 Å². The molecule has 3 aliphatic heterocycles. The van der Waals surface area contributed by atoms with Crippen LogP contribution in [0.15, 0.2) is 61.2 Å². The van der Waals surface area contributed by atoms with Crippen LogP contribution in [0.25, 0.3) is 17.0 Å². The molecule has 7 rings (SSSR count). The molecule has 2 aromatic carbocycles. The number of amides is 1. The quantitative estimate of drug-likeness (QED) is 0.252. The molecule has 11 nitrogen and oxygen atoms in total. The number of halogens is 1. The number of nitriles is 1. The van der Waals surface area contributed by atoms with Crippen LogP contribution in [-0.2, 0) is 17.8 Å². The van der Waals surface area contributed by atoms with Crippen molar-refractivity contribution in [1.82, 2.24) is 29.3 Å². The summed E-state index contributed by atoms with van der Waals surface area (Å²) in [6.07, 6.45) is 11.5. The second-order valence-corrected chi connectivity index (χ2v) is 12.9. The van der Waals surface area contributed by atoms with Crippen LogP contribution >= 0.6 is 11.6 Å². The first-order valence-corrected chi connectivity index (χ1v) is 16.6. The topological polar surface area (TPSA) is 107 Å². The predicted molar refractivity (Wildman–Crippen MR) is 182 cm³/mol. The van der Waals surface area contributed by atoms with Crippen molar-refractivity contribution in [1.29, 1.82) is 5.26 Å². The lowest BCUT2D eigenvalue weighted by Crippen LogP contribution is -2.55. The van der Waals surface area contributed by atoms with Gasteiger partial charge in [0.25, 0.3) is 0 Å². The molecule has 0 N–H and O–H groups in total. The van der Waals surface area contributed by atoms with Crippen LogP contribution in [0.5, 0.6) is 6.01 Å². The van der Waals surface area contributed by atoms with Crippen molar-refractivity contribution in [3.63, 3.8) is 0 Å². The van der Waals surface area contributed by atoms with Gasteiger partial charge in [-0.15, -0.1) is 0 Å². The van der Waals surface area contributed by atoms with E-state index in [9.17, 15) is 10.1 Å². The first kappa shape index (κ1) is 31.0. The van der Waals surface area contributed by atoms with Gasteiger partial charge in [0.05, 0.1) is 42.1 Å². The summed E-state index contributed by atoms with van der Waals surface area (Å²) >= 11 is 6.73. The Hall–Kier alpha value is -4.66.